The maximum absolute atomic E-state index is 11.4. The molecule has 0 N–H and O–H groups in total. The fraction of sp³-hybridized carbons (Fsp3) is 0.385. The van der Waals surface area contributed by atoms with Crippen LogP contribution in [0.3, 0.4) is 0 Å². The van der Waals surface area contributed by atoms with Crippen LogP contribution in [0, 0.1) is 11.3 Å². The van der Waals surface area contributed by atoms with Gasteiger partial charge in [-0.2, -0.15) is 5.26 Å². The van der Waals surface area contributed by atoms with E-state index in [-0.39, 0.29) is 10.6 Å². The monoisotopic (exact) mass is 279 g/mol. The minimum absolute atomic E-state index is 0.0624. The quantitative estimate of drug-likeness (QED) is 0.794. The summed E-state index contributed by atoms with van der Waals surface area (Å²) >= 11 is 3.38. The van der Waals surface area contributed by atoms with Crippen LogP contribution in [0.5, 0.6) is 0 Å². The third-order valence-corrected chi connectivity index (χ3v) is 3.71. The second kappa shape index (κ2) is 5.81. The number of nitrogens with zero attached hydrogens (tertiary/aromatic N) is 1. The number of ketones is 1. The first kappa shape index (κ1) is 12.9. The number of aryl methyl sites for hydroxylation is 1. The highest BCUT2D eigenvalue weighted by molar-refractivity contribution is 9.09. The van der Waals surface area contributed by atoms with Crippen molar-refractivity contribution in [3.63, 3.8) is 0 Å². The van der Waals surface area contributed by atoms with Crippen molar-refractivity contribution in [3.05, 3.63) is 34.9 Å². The Morgan fingerprint density at radius 2 is 2.25 bits per heavy atom. The molecule has 0 aromatic heterocycles. The summed E-state index contributed by atoms with van der Waals surface area (Å²) in [5.74, 6) is 0.0624. The van der Waals surface area contributed by atoms with E-state index in [0.717, 1.165) is 23.1 Å². The lowest BCUT2D eigenvalue weighted by Gasteiger charge is -2.14. The average Bonchev–Trinajstić information content (AvgIpc) is 2.28. The summed E-state index contributed by atoms with van der Waals surface area (Å²) < 4.78 is 0. The van der Waals surface area contributed by atoms with Gasteiger partial charge in [0.15, 0.2) is 0 Å². The number of hydrogen-bond acceptors (Lipinski definition) is 2. The summed E-state index contributed by atoms with van der Waals surface area (Å²) in [7, 11) is 0. The van der Waals surface area contributed by atoms with Gasteiger partial charge in [-0.05, 0) is 30.0 Å². The Morgan fingerprint density at radius 3 is 2.75 bits per heavy atom. The molecule has 16 heavy (non-hydrogen) atoms. The van der Waals surface area contributed by atoms with Gasteiger partial charge in [-0.25, -0.2) is 0 Å². The maximum Gasteiger partial charge on any atom is 0.147 e. The minimum atomic E-state index is -0.303. The lowest BCUT2D eigenvalue weighted by Crippen LogP contribution is -2.06. The van der Waals surface area contributed by atoms with E-state index < -0.39 is 0 Å². The number of carbonyl (C=O) groups excluding carboxylic acids is 1. The number of nitriles is 1. The fourth-order valence-corrected chi connectivity index (χ4v) is 2.17. The fourth-order valence-electron chi connectivity index (χ4n) is 1.74. The van der Waals surface area contributed by atoms with Crippen molar-refractivity contribution in [3.8, 4) is 6.07 Å². The van der Waals surface area contributed by atoms with Crippen LogP contribution in [-0.4, -0.2) is 5.78 Å². The van der Waals surface area contributed by atoms with Gasteiger partial charge in [0, 0.05) is 0 Å². The molecule has 0 aliphatic carbocycles. The number of hydrogen-bond donors (Lipinski definition) is 0. The van der Waals surface area contributed by atoms with Crippen LogP contribution in [-0.2, 0) is 17.6 Å². The van der Waals surface area contributed by atoms with Crippen molar-refractivity contribution in [1.82, 2.24) is 0 Å². The number of alkyl halides is 1. The van der Waals surface area contributed by atoms with Crippen LogP contribution in [0.1, 0.15) is 35.4 Å². The molecule has 0 fully saturated rings. The van der Waals surface area contributed by atoms with Gasteiger partial charge in [-0.15, -0.1) is 0 Å². The molecule has 0 amide bonds. The van der Waals surface area contributed by atoms with E-state index in [1.807, 2.05) is 18.2 Å². The van der Waals surface area contributed by atoms with Crippen LogP contribution in [0.25, 0.3) is 0 Å². The van der Waals surface area contributed by atoms with E-state index in [2.05, 4.69) is 28.9 Å². The van der Waals surface area contributed by atoms with E-state index in [1.165, 1.54) is 0 Å². The van der Waals surface area contributed by atoms with Crippen molar-refractivity contribution < 1.29 is 4.79 Å². The summed E-state index contributed by atoms with van der Waals surface area (Å²) in [6.45, 7) is 3.60. The third kappa shape index (κ3) is 2.70. The zero-order chi connectivity index (χ0) is 12.1. The van der Waals surface area contributed by atoms with Gasteiger partial charge >= 0.3 is 0 Å². The van der Waals surface area contributed by atoms with Gasteiger partial charge in [0.05, 0.1) is 17.3 Å². The van der Waals surface area contributed by atoms with Crippen molar-refractivity contribution in [2.75, 3.05) is 0 Å². The van der Waals surface area contributed by atoms with Gasteiger partial charge < -0.3 is 0 Å². The predicted octanol–water partition coefficient (Wildman–Crippen LogP) is 3.34. The predicted molar refractivity (Wildman–Crippen MR) is 67.5 cm³/mol. The third-order valence-electron chi connectivity index (χ3n) is 2.58. The van der Waals surface area contributed by atoms with Crippen molar-refractivity contribution >= 4 is 21.7 Å². The summed E-state index contributed by atoms with van der Waals surface area (Å²) in [5.41, 5.74) is 3.06. The van der Waals surface area contributed by atoms with Crippen molar-refractivity contribution in [2.24, 2.45) is 0 Å². The highest BCUT2D eigenvalue weighted by Gasteiger charge is 2.17. The lowest BCUT2D eigenvalue weighted by atomic mass is 9.94. The van der Waals surface area contributed by atoms with Crippen LogP contribution < -0.4 is 0 Å². The molecule has 84 valence electrons. The Morgan fingerprint density at radius 1 is 1.56 bits per heavy atom. The molecule has 0 aliphatic rings. The summed E-state index contributed by atoms with van der Waals surface area (Å²) in [5, 5.41) is 8.83. The van der Waals surface area contributed by atoms with Gasteiger partial charge in [-0.3, -0.25) is 4.79 Å². The lowest BCUT2D eigenvalue weighted by molar-refractivity contribution is -0.116. The molecule has 0 heterocycles. The van der Waals surface area contributed by atoms with E-state index >= 15 is 0 Å². The van der Waals surface area contributed by atoms with E-state index in [1.54, 1.807) is 6.92 Å². The van der Waals surface area contributed by atoms with Gasteiger partial charge in [0.1, 0.15) is 5.78 Å². The molecule has 1 rings (SSSR count). The largest absolute Gasteiger partial charge is 0.298 e. The molecule has 1 aromatic rings. The maximum atomic E-state index is 11.4. The Labute approximate surface area is 104 Å². The molecule has 1 atom stereocenters. The molecule has 0 saturated carbocycles. The SMILES string of the molecule is CCc1cccc(C(Br)C(C)=O)c1CC#N. The molecular weight excluding hydrogens is 266 g/mol. The molecule has 0 bridgehead atoms. The summed E-state index contributed by atoms with van der Waals surface area (Å²) in [4.78, 5) is 11.1. The molecule has 2 nitrogen and oxygen atoms in total. The minimum Gasteiger partial charge on any atom is -0.298 e. The molecule has 0 spiro atoms. The van der Waals surface area contributed by atoms with Crippen molar-refractivity contribution in [2.45, 2.75) is 31.5 Å². The zero-order valence-electron chi connectivity index (χ0n) is 9.46. The van der Waals surface area contributed by atoms with Gasteiger partial charge in [0.25, 0.3) is 0 Å². The van der Waals surface area contributed by atoms with Gasteiger partial charge in [-0.1, -0.05) is 41.1 Å². The average molecular weight is 280 g/mol. The highest BCUT2D eigenvalue weighted by atomic mass is 79.9. The second-order valence-corrected chi connectivity index (χ2v) is 4.56. The number of benzene rings is 1. The number of halogens is 1. The second-order valence-electron chi connectivity index (χ2n) is 3.65. The molecule has 0 saturated heterocycles. The standard InChI is InChI=1S/C13H14BrNO/c1-3-10-5-4-6-12(11(10)7-8-15)13(14)9(2)16/h4-6,13H,3,7H2,1-2H3. The van der Waals surface area contributed by atoms with Crippen LogP contribution in [0.4, 0.5) is 0 Å². The van der Waals surface area contributed by atoms with Crippen LogP contribution in [0.15, 0.2) is 18.2 Å². The first-order valence-corrected chi connectivity index (χ1v) is 6.15. The molecule has 1 aromatic carbocycles. The summed E-state index contributed by atoms with van der Waals surface area (Å²) in [6, 6.07) is 8.02. The van der Waals surface area contributed by atoms with E-state index in [0.29, 0.717) is 6.42 Å². The number of carbonyl (C=O) groups is 1. The molecular formula is C13H14BrNO. The number of Topliss-reactive ketones (excluding diaryl/α,β-unsaturated/α-hetero) is 1. The Hall–Kier alpha value is -1.14. The van der Waals surface area contributed by atoms with E-state index in [4.69, 9.17) is 5.26 Å². The summed E-state index contributed by atoms with van der Waals surface area (Å²) in [6.07, 6.45) is 1.23. The van der Waals surface area contributed by atoms with E-state index in [9.17, 15) is 4.79 Å². The first-order valence-electron chi connectivity index (χ1n) is 5.24. The smallest absolute Gasteiger partial charge is 0.147 e. The molecule has 0 aliphatic heterocycles. The Kier molecular flexibility index (Phi) is 4.70. The normalized spacial score (nSPS) is 11.9. The Bertz CT molecular complexity index is 434. The first-order chi connectivity index (χ1) is 7.61. The molecule has 1 unspecified atom stereocenters. The van der Waals surface area contributed by atoms with Crippen molar-refractivity contribution in [1.29, 1.82) is 5.26 Å². The number of rotatable bonds is 4. The van der Waals surface area contributed by atoms with Gasteiger partial charge in [0.2, 0.25) is 0 Å². The molecule has 3 heteroatoms. The van der Waals surface area contributed by atoms with Crippen LogP contribution in [0.2, 0.25) is 0 Å². The molecule has 0 radical (unpaired) electrons. The Balaban J connectivity index is 3.27. The topological polar surface area (TPSA) is 40.9 Å². The zero-order valence-corrected chi connectivity index (χ0v) is 11.0. The van der Waals surface area contributed by atoms with Crippen LogP contribution >= 0.6 is 15.9 Å². The highest BCUT2D eigenvalue weighted by Crippen LogP contribution is 2.29.